The zero-order valence-electron chi connectivity index (χ0n) is 44.8. The molecule has 0 saturated carbocycles. The van der Waals surface area contributed by atoms with Crippen molar-refractivity contribution >= 4 is 5.91 Å². The van der Waals surface area contributed by atoms with Crippen LogP contribution in [0.15, 0.2) is 12.2 Å². The average Bonchev–Trinajstić information content (AvgIpc) is 3.35. The zero-order chi connectivity index (χ0) is 50.4. The van der Waals surface area contributed by atoms with Gasteiger partial charge in [0.05, 0.1) is 25.4 Å². The minimum Gasteiger partial charge on any atom is -0.394 e. The van der Waals surface area contributed by atoms with E-state index in [1.54, 1.807) is 0 Å². The molecule has 0 radical (unpaired) electrons. The SMILES string of the molecule is CCCCCCCC/C=C/CCCC(O)C(O)C(COC1OC(CO)C(O)C(O)C1O)NC(=O)C(O)CCCCCCCCCCCCCCCCCCCCCCCCCCCCCCCCC. The van der Waals surface area contributed by atoms with Crippen LogP contribution in [0.4, 0.5) is 0 Å². The van der Waals surface area contributed by atoms with Gasteiger partial charge in [-0.3, -0.25) is 4.79 Å². The molecule has 1 amide bonds. The predicted molar refractivity (Wildman–Crippen MR) is 284 cm³/mol. The van der Waals surface area contributed by atoms with Gasteiger partial charge in [0, 0.05) is 0 Å². The van der Waals surface area contributed by atoms with Crippen molar-refractivity contribution in [3.8, 4) is 0 Å². The molecule has 0 bridgehead atoms. The molecule has 1 aliphatic heterocycles. The van der Waals surface area contributed by atoms with Crippen LogP contribution in [0, 0.1) is 0 Å². The summed E-state index contributed by atoms with van der Waals surface area (Å²) < 4.78 is 11.1. The van der Waals surface area contributed by atoms with E-state index in [2.05, 4.69) is 31.3 Å². The summed E-state index contributed by atoms with van der Waals surface area (Å²) in [6.45, 7) is 3.44. The second kappa shape index (κ2) is 47.8. The van der Waals surface area contributed by atoms with Gasteiger partial charge >= 0.3 is 0 Å². The Hall–Kier alpha value is -1.15. The van der Waals surface area contributed by atoms with E-state index in [9.17, 15) is 40.5 Å². The molecule has 9 unspecified atom stereocenters. The van der Waals surface area contributed by atoms with Crippen LogP contribution in [-0.4, -0.2) is 110 Å². The second-order valence-corrected chi connectivity index (χ2v) is 21.1. The first kappa shape index (κ1) is 65.9. The summed E-state index contributed by atoms with van der Waals surface area (Å²) in [5.74, 6) is -0.702. The molecule has 1 heterocycles. The lowest BCUT2D eigenvalue weighted by molar-refractivity contribution is -0.303. The fourth-order valence-corrected chi connectivity index (χ4v) is 9.74. The fourth-order valence-electron chi connectivity index (χ4n) is 9.74. The first-order valence-electron chi connectivity index (χ1n) is 29.6. The molecule has 11 heteroatoms. The standard InChI is InChI=1S/C58H113NO10/c1-3-5-7-9-11-13-15-16-17-18-19-20-21-22-23-24-25-26-27-28-29-30-31-32-33-34-36-38-40-42-44-46-51(62)57(67)59-49(48-68-58-56(66)55(65)54(64)52(47-60)69-58)53(63)50(61)45-43-41-39-37-35-14-12-10-8-6-4-2/h37,39,49-56,58,60-66H,3-36,38,40-48H2,1-2H3,(H,59,67)/b39-37+. The number of allylic oxidation sites excluding steroid dienone is 2. The average molecular weight is 985 g/mol. The monoisotopic (exact) mass is 984 g/mol. The van der Waals surface area contributed by atoms with Gasteiger partial charge in [-0.25, -0.2) is 0 Å². The van der Waals surface area contributed by atoms with Gasteiger partial charge in [-0.05, 0) is 38.5 Å². The van der Waals surface area contributed by atoms with E-state index in [0.29, 0.717) is 12.8 Å². The molecule has 0 aromatic heterocycles. The third-order valence-corrected chi connectivity index (χ3v) is 14.6. The number of carbonyl (C=O) groups excluding carboxylic acids is 1. The number of hydrogen-bond acceptors (Lipinski definition) is 10. The smallest absolute Gasteiger partial charge is 0.249 e. The molecule has 11 nitrogen and oxygen atoms in total. The van der Waals surface area contributed by atoms with E-state index in [-0.39, 0.29) is 12.8 Å². The number of nitrogens with one attached hydrogen (secondary N) is 1. The van der Waals surface area contributed by atoms with Crippen LogP contribution in [0.25, 0.3) is 0 Å². The number of ether oxygens (including phenoxy) is 2. The summed E-state index contributed by atoms with van der Waals surface area (Å²) in [7, 11) is 0. The van der Waals surface area contributed by atoms with Gasteiger partial charge in [0.15, 0.2) is 6.29 Å². The molecule has 0 spiro atoms. The largest absolute Gasteiger partial charge is 0.394 e. The van der Waals surface area contributed by atoms with Crippen molar-refractivity contribution in [3.05, 3.63) is 12.2 Å². The van der Waals surface area contributed by atoms with E-state index in [4.69, 9.17) is 9.47 Å². The summed E-state index contributed by atoms with van der Waals surface area (Å²) in [4.78, 5) is 13.1. The molecule has 0 aromatic rings. The van der Waals surface area contributed by atoms with Crippen LogP contribution in [-0.2, 0) is 14.3 Å². The van der Waals surface area contributed by atoms with Crippen molar-refractivity contribution in [2.24, 2.45) is 0 Å². The lowest BCUT2D eigenvalue weighted by Gasteiger charge is -2.40. The lowest BCUT2D eigenvalue weighted by atomic mass is 9.98. The zero-order valence-corrected chi connectivity index (χ0v) is 44.8. The summed E-state index contributed by atoms with van der Waals surface area (Å²) in [6, 6.07) is -1.18. The number of aliphatic hydroxyl groups is 7. The van der Waals surface area contributed by atoms with E-state index in [0.717, 1.165) is 38.5 Å². The van der Waals surface area contributed by atoms with Crippen molar-refractivity contribution in [1.82, 2.24) is 5.32 Å². The van der Waals surface area contributed by atoms with Gasteiger partial charge in [0.1, 0.15) is 36.6 Å². The van der Waals surface area contributed by atoms with Crippen molar-refractivity contribution in [1.29, 1.82) is 0 Å². The summed E-state index contributed by atoms with van der Waals surface area (Å²) >= 11 is 0. The maximum Gasteiger partial charge on any atom is 0.249 e. The molecule has 8 N–H and O–H groups in total. The van der Waals surface area contributed by atoms with Gasteiger partial charge in [-0.15, -0.1) is 0 Å². The Bertz CT molecular complexity index is 1130. The van der Waals surface area contributed by atoms with Gasteiger partial charge in [-0.1, -0.05) is 257 Å². The number of rotatable bonds is 51. The maximum absolute atomic E-state index is 13.1. The summed E-state index contributed by atoms with van der Waals surface area (Å²) in [5, 5.41) is 75.9. The lowest BCUT2D eigenvalue weighted by Crippen LogP contribution is -2.60. The Labute approximate surface area is 423 Å². The quantitative estimate of drug-likeness (QED) is 0.0215. The topological polar surface area (TPSA) is 189 Å². The van der Waals surface area contributed by atoms with E-state index in [1.807, 2.05) is 0 Å². The first-order valence-corrected chi connectivity index (χ1v) is 29.6. The minimum absolute atomic E-state index is 0.259. The van der Waals surface area contributed by atoms with Crippen LogP contribution in [0.5, 0.6) is 0 Å². The van der Waals surface area contributed by atoms with Crippen molar-refractivity contribution in [3.63, 3.8) is 0 Å². The molecular weight excluding hydrogens is 871 g/mol. The molecule has 1 aliphatic rings. The highest BCUT2D eigenvalue weighted by Gasteiger charge is 2.44. The molecule has 1 saturated heterocycles. The van der Waals surface area contributed by atoms with Gasteiger partial charge in [-0.2, -0.15) is 0 Å². The first-order chi connectivity index (χ1) is 33.7. The van der Waals surface area contributed by atoms with Crippen LogP contribution < -0.4 is 5.32 Å². The third kappa shape index (κ3) is 36.4. The van der Waals surface area contributed by atoms with E-state index < -0.39 is 74.2 Å². The van der Waals surface area contributed by atoms with Crippen molar-refractivity contribution in [2.75, 3.05) is 13.2 Å². The van der Waals surface area contributed by atoms with Gasteiger partial charge in [0.2, 0.25) is 5.91 Å². The summed E-state index contributed by atoms with van der Waals surface area (Å²) in [5.41, 5.74) is 0. The Morgan fingerprint density at radius 2 is 0.855 bits per heavy atom. The molecule has 9 atom stereocenters. The Morgan fingerprint density at radius 1 is 0.493 bits per heavy atom. The Kier molecular flexibility index (Phi) is 45.7. The molecule has 410 valence electrons. The predicted octanol–water partition coefficient (Wildman–Crippen LogP) is 12.4. The molecule has 0 aliphatic carbocycles. The van der Waals surface area contributed by atoms with Crippen molar-refractivity contribution in [2.45, 2.75) is 339 Å². The number of aliphatic hydroxyl groups excluding tert-OH is 7. The maximum atomic E-state index is 13.1. The highest BCUT2D eigenvalue weighted by Crippen LogP contribution is 2.23. The van der Waals surface area contributed by atoms with Crippen molar-refractivity contribution < 1.29 is 50.0 Å². The number of unbranched alkanes of at least 4 members (excludes halogenated alkanes) is 37. The number of hydrogen-bond donors (Lipinski definition) is 8. The van der Waals surface area contributed by atoms with Gasteiger partial charge in [0.25, 0.3) is 0 Å². The van der Waals surface area contributed by atoms with Crippen LogP contribution in [0.2, 0.25) is 0 Å². The van der Waals surface area contributed by atoms with Crippen LogP contribution in [0.1, 0.15) is 284 Å². The van der Waals surface area contributed by atoms with Crippen LogP contribution >= 0.6 is 0 Å². The Morgan fingerprint density at radius 3 is 1.25 bits per heavy atom. The molecule has 1 rings (SSSR count). The Balaban J connectivity index is 2.17. The molecule has 0 aromatic carbocycles. The molecule has 1 fully saturated rings. The highest BCUT2D eigenvalue weighted by atomic mass is 16.7. The minimum atomic E-state index is -1.66. The van der Waals surface area contributed by atoms with E-state index >= 15 is 0 Å². The third-order valence-electron chi connectivity index (χ3n) is 14.6. The highest BCUT2D eigenvalue weighted by molar-refractivity contribution is 5.80. The number of amides is 1. The van der Waals surface area contributed by atoms with E-state index in [1.165, 1.54) is 205 Å². The second-order valence-electron chi connectivity index (χ2n) is 21.1. The number of carbonyl (C=O) groups is 1. The fraction of sp³-hybridized carbons (Fsp3) is 0.948. The molecular formula is C58H113NO10. The molecule has 69 heavy (non-hydrogen) atoms. The summed E-state index contributed by atoms with van der Waals surface area (Å²) in [6.07, 6.45) is 44.5. The normalized spacial score (nSPS) is 20.4. The van der Waals surface area contributed by atoms with Crippen LogP contribution in [0.3, 0.4) is 0 Å². The van der Waals surface area contributed by atoms with Gasteiger partial charge < -0.3 is 50.5 Å².